The van der Waals surface area contributed by atoms with E-state index in [2.05, 4.69) is 5.32 Å². The number of hydrogen-bond donors (Lipinski definition) is 1. The maximum absolute atomic E-state index is 13.2. The van der Waals surface area contributed by atoms with Crippen molar-refractivity contribution in [2.75, 3.05) is 13.7 Å². The highest BCUT2D eigenvalue weighted by Crippen LogP contribution is 2.31. The Hall–Kier alpha value is -3.72. The van der Waals surface area contributed by atoms with Crippen LogP contribution >= 0.6 is 0 Å². The lowest BCUT2D eigenvalue weighted by Crippen LogP contribution is -2.49. The second-order valence-corrected chi connectivity index (χ2v) is 9.27. The Morgan fingerprint density at radius 1 is 0.947 bits per heavy atom. The van der Waals surface area contributed by atoms with Crippen LogP contribution in [0.2, 0.25) is 0 Å². The fraction of sp³-hybridized carbons (Fsp3) is 0.345. The van der Waals surface area contributed by atoms with Crippen molar-refractivity contribution < 1.29 is 32.2 Å². The molecule has 3 aromatic rings. The zero-order chi connectivity index (χ0) is 27.1. The smallest absolute Gasteiger partial charge is 0.416 e. The van der Waals surface area contributed by atoms with Crippen LogP contribution in [0.25, 0.3) is 0 Å². The Balaban J connectivity index is 1.46. The van der Waals surface area contributed by atoms with Crippen LogP contribution in [-0.2, 0) is 24.1 Å². The number of amides is 1. The van der Waals surface area contributed by atoms with Crippen molar-refractivity contribution in [1.29, 1.82) is 0 Å². The van der Waals surface area contributed by atoms with Gasteiger partial charge in [-0.15, -0.1) is 0 Å². The normalized spacial score (nSPS) is 19.3. The van der Waals surface area contributed by atoms with E-state index in [4.69, 9.17) is 14.2 Å². The van der Waals surface area contributed by atoms with Crippen molar-refractivity contribution in [3.63, 3.8) is 0 Å². The number of hydrogen-bond acceptors (Lipinski definition) is 5. The zero-order valence-electron chi connectivity index (χ0n) is 21.3. The molecule has 1 amide bonds. The third-order valence-electron chi connectivity index (χ3n) is 6.64. The molecule has 1 aliphatic rings. The summed E-state index contributed by atoms with van der Waals surface area (Å²) in [4.78, 5) is 14.8. The van der Waals surface area contributed by atoms with Crippen molar-refractivity contribution in [1.82, 2.24) is 10.2 Å². The van der Waals surface area contributed by atoms with Crippen LogP contribution in [0.1, 0.15) is 30.0 Å². The molecule has 0 saturated carbocycles. The summed E-state index contributed by atoms with van der Waals surface area (Å²) < 4.78 is 55.5. The SMILES string of the molecule is COc1ccc(CN[C@H]2C[C@@H](C)N(C(=O)OCc3ccccc3)[C@H]2COc2ccc(C(F)(F)F)cc2)cc1. The molecule has 4 rings (SSSR count). The number of carbonyl (C=O) groups excluding carboxylic acids is 1. The second-order valence-electron chi connectivity index (χ2n) is 9.27. The highest BCUT2D eigenvalue weighted by atomic mass is 19.4. The number of methoxy groups -OCH3 is 1. The summed E-state index contributed by atoms with van der Waals surface area (Å²) in [6.45, 7) is 2.74. The highest BCUT2D eigenvalue weighted by Gasteiger charge is 2.43. The van der Waals surface area contributed by atoms with Crippen LogP contribution in [0.5, 0.6) is 11.5 Å². The molecule has 0 aromatic heterocycles. The molecule has 0 radical (unpaired) electrons. The standard InChI is InChI=1S/C29H31F3N2O4/c1-20-16-26(33-17-21-8-12-24(36-2)13-9-21)27(19-37-25-14-10-23(11-15-25)29(30,31)32)34(20)28(35)38-18-22-6-4-3-5-7-22/h3-15,20,26-27,33H,16-19H2,1-2H3/t20-,26+,27+/m1/s1. The Labute approximate surface area is 220 Å². The van der Waals surface area contributed by atoms with E-state index >= 15 is 0 Å². The van der Waals surface area contributed by atoms with Gasteiger partial charge in [0.1, 0.15) is 24.7 Å². The number of benzene rings is 3. The van der Waals surface area contributed by atoms with Gasteiger partial charge in [0, 0.05) is 18.6 Å². The van der Waals surface area contributed by atoms with Crippen molar-refractivity contribution in [2.24, 2.45) is 0 Å². The Morgan fingerprint density at radius 3 is 2.24 bits per heavy atom. The maximum atomic E-state index is 13.2. The first-order chi connectivity index (χ1) is 18.2. The van der Waals surface area contributed by atoms with Gasteiger partial charge >= 0.3 is 12.3 Å². The molecule has 1 fully saturated rings. The summed E-state index contributed by atoms with van der Waals surface area (Å²) in [5.41, 5.74) is 1.18. The first-order valence-corrected chi connectivity index (χ1v) is 12.4. The molecule has 1 saturated heterocycles. The number of likely N-dealkylation sites (tertiary alicyclic amines) is 1. The fourth-order valence-electron chi connectivity index (χ4n) is 4.60. The van der Waals surface area contributed by atoms with Gasteiger partial charge in [-0.1, -0.05) is 42.5 Å². The molecule has 1 aliphatic heterocycles. The molecule has 0 unspecified atom stereocenters. The Bertz CT molecular complexity index is 1170. The van der Waals surface area contributed by atoms with Crippen LogP contribution in [-0.4, -0.2) is 42.8 Å². The lowest BCUT2D eigenvalue weighted by molar-refractivity contribution is -0.137. The molecule has 202 valence electrons. The third kappa shape index (κ3) is 6.98. The monoisotopic (exact) mass is 528 g/mol. The molecule has 9 heteroatoms. The van der Waals surface area contributed by atoms with E-state index in [-0.39, 0.29) is 25.3 Å². The van der Waals surface area contributed by atoms with Gasteiger partial charge in [-0.3, -0.25) is 4.90 Å². The van der Waals surface area contributed by atoms with Gasteiger partial charge in [0.2, 0.25) is 0 Å². The van der Waals surface area contributed by atoms with Gasteiger partial charge in [0.05, 0.1) is 18.7 Å². The number of carbonyl (C=O) groups is 1. The number of ether oxygens (including phenoxy) is 3. The number of halogens is 3. The van der Waals surface area contributed by atoms with Crippen molar-refractivity contribution in [3.8, 4) is 11.5 Å². The zero-order valence-corrected chi connectivity index (χ0v) is 21.3. The minimum atomic E-state index is -4.42. The Kier molecular flexibility index (Phi) is 8.78. The van der Waals surface area contributed by atoms with E-state index in [1.165, 1.54) is 12.1 Å². The van der Waals surface area contributed by atoms with Gasteiger partial charge in [0.15, 0.2) is 0 Å². The molecule has 3 atom stereocenters. The summed E-state index contributed by atoms with van der Waals surface area (Å²) in [6.07, 6.45) is -4.22. The molecular weight excluding hydrogens is 497 g/mol. The summed E-state index contributed by atoms with van der Waals surface area (Å²) >= 11 is 0. The average Bonchev–Trinajstić information content (AvgIpc) is 3.24. The number of nitrogens with zero attached hydrogens (tertiary/aromatic N) is 1. The second kappa shape index (κ2) is 12.2. The van der Waals surface area contributed by atoms with Gasteiger partial charge in [-0.25, -0.2) is 4.79 Å². The first kappa shape index (κ1) is 27.3. The molecule has 1 heterocycles. The van der Waals surface area contributed by atoms with Crippen LogP contribution in [0.3, 0.4) is 0 Å². The van der Waals surface area contributed by atoms with Crippen molar-refractivity contribution >= 4 is 6.09 Å². The number of rotatable bonds is 9. The topological polar surface area (TPSA) is 60.0 Å². The summed E-state index contributed by atoms with van der Waals surface area (Å²) in [7, 11) is 1.61. The van der Waals surface area contributed by atoms with Crippen LogP contribution in [0.15, 0.2) is 78.9 Å². The third-order valence-corrected chi connectivity index (χ3v) is 6.64. The fourth-order valence-corrected chi connectivity index (χ4v) is 4.60. The average molecular weight is 529 g/mol. The van der Waals surface area contributed by atoms with Crippen LogP contribution < -0.4 is 14.8 Å². The number of alkyl halides is 3. The minimum Gasteiger partial charge on any atom is -0.497 e. The lowest BCUT2D eigenvalue weighted by atomic mass is 10.1. The molecule has 0 aliphatic carbocycles. The molecule has 6 nitrogen and oxygen atoms in total. The minimum absolute atomic E-state index is 0.0937. The predicted molar refractivity (Wildman–Crippen MR) is 137 cm³/mol. The summed E-state index contributed by atoms with van der Waals surface area (Å²) in [6, 6.07) is 21.0. The van der Waals surface area contributed by atoms with E-state index in [0.717, 1.165) is 29.0 Å². The Morgan fingerprint density at radius 2 is 1.61 bits per heavy atom. The van der Waals surface area contributed by atoms with Crippen LogP contribution in [0.4, 0.5) is 18.0 Å². The first-order valence-electron chi connectivity index (χ1n) is 12.4. The maximum Gasteiger partial charge on any atom is 0.416 e. The van der Waals surface area contributed by atoms with Crippen molar-refractivity contribution in [2.45, 2.75) is 50.8 Å². The van der Waals surface area contributed by atoms with Crippen molar-refractivity contribution in [3.05, 3.63) is 95.6 Å². The summed E-state index contributed by atoms with van der Waals surface area (Å²) in [5, 5.41) is 3.52. The van der Waals surface area contributed by atoms with E-state index in [1.54, 1.807) is 12.0 Å². The number of nitrogens with one attached hydrogen (secondary N) is 1. The van der Waals surface area contributed by atoms with E-state index in [0.29, 0.717) is 18.7 Å². The molecule has 3 aromatic carbocycles. The summed E-state index contributed by atoms with van der Waals surface area (Å²) in [5.74, 6) is 1.06. The molecule has 1 N–H and O–H groups in total. The van der Waals surface area contributed by atoms with E-state index in [1.807, 2.05) is 61.5 Å². The predicted octanol–water partition coefficient (Wildman–Crippen LogP) is 6.05. The largest absolute Gasteiger partial charge is 0.497 e. The van der Waals surface area contributed by atoms with E-state index in [9.17, 15) is 18.0 Å². The van der Waals surface area contributed by atoms with Gasteiger partial charge in [-0.2, -0.15) is 13.2 Å². The molecule has 38 heavy (non-hydrogen) atoms. The van der Waals surface area contributed by atoms with Crippen LogP contribution in [0, 0.1) is 0 Å². The van der Waals surface area contributed by atoms with Gasteiger partial charge in [-0.05, 0) is 60.9 Å². The quantitative estimate of drug-likeness (QED) is 0.366. The molecule has 0 spiro atoms. The van der Waals surface area contributed by atoms with Gasteiger partial charge < -0.3 is 19.5 Å². The highest BCUT2D eigenvalue weighted by molar-refractivity contribution is 5.69. The van der Waals surface area contributed by atoms with Gasteiger partial charge in [0.25, 0.3) is 0 Å². The molecular formula is C29H31F3N2O4. The molecule has 0 bridgehead atoms. The van der Waals surface area contributed by atoms with E-state index < -0.39 is 23.9 Å². The lowest BCUT2D eigenvalue weighted by Gasteiger charge is -2.30.